The Bertz CT molecular complexity index is 994. The molecule has 0 aliphatic carbocycles. The Kier molecular flexibility index (Phi) is 7.51. The zero-order valence-corrected chi connectivity index (χ0v) is 18.6. The van der Waals surface area contributed by atoms with Gasteiger partial charge in [0.25, 0.3) is 0 Å². The first kappa shape index (κ1) is 22.0. The molecule has 0 bridgehead atoms. The van der Waals surface area contributed by atoms with Crippen LogP contribution in [0.15, 0.2) is 79.0 Å². The summed E-state index contributed by atoms with van der Waals surface area (Å²) in [5, 5.41) is 3.31. The molecule has 3 aromatic rings. The van der Waals surface area contributed by atoms with E-state index in [9.17, 15) is 4.79 Å². The Morgan fingerprint density at radius 3 is 2.66 bits per heavy atom. The Balaban J connectivity index is 1.48. The monoisotopic (exact) mass is 429 g/mol. The van der Waals surface area contributed by atoms with E-state index >= 15 is 0 Å². The number of ether oxygens (including phenoxy) is 1. The molecule has 0 saturated carbocycles. The number of carbonyl (C=O) groups is 1. The number of nitrogens with one attached hydrogen (secondary N) is 1. The van der Waals surface area contributed by atoms with Crippen LogP contribution in [0.4, 0.5) is 0 Å². The summed E-state index contributed by atoms with van der Waals surface area (Å²) in [5.74, 6) is 1.26. The molecule has 2 heterocycles. The van der Waals surface area contributed by atoms with Crippen LogP contribution >= 0.6 is 0 Å². The number of rotatable bonds is 8. The van der Waals surface area contributed by atoms with Crippen molar-refractivity contribution in [2.45, 2.75) is 31.8 Å². The van der Waals surface area contributed by atoms with Crippen LogP contribution in [0.5, 0.6) is 5.75 Å². The lowest BCUT2D eigenvalue weighted by Crippen LogP contribution is -2.43. The highest BCUT2D eigenvalue weighted by Crippen LogP contribution is 2.31. The van der Waals surface area contributed by atoms with Crippen molar-refractivity contribution in [3.05, 3.63) is 95.8 Å². The minimum atomic E-state index is -0.104. The molecule has 0 radical (unpaired) electrons. The van der Waals surface area contributed by atoms with Gasteiger partial charge < -0.3 is 10.1 Å². The number of nitrogens with zero attached hydrogens (tertiary/aromatic N) is 2. The molecule has 1 aliphatic heterocycles. The fourth-order valence-corrected chi connectivity index (χ4v) is 4.58. The zero-order valence-electron chi connectivity index (χ0n) is 18.6. The molecule has 1 amide bonds. The van der Waals surface area contributed by atoms with Crippen molar-refractivity contribution < 1.29 is 9.53 Å². The van der Waals surface area contributed by atoms with E-state index in [1.54, 1.807) is 13.3 Å². The van der Waals surface area contributed by atoms with Gasteiger partial charge in [0.05, 0.1) is 25.3 Å². The van der Waals surface area contributed by atoms with Gasteiger partial charge in [-0.3, -0.25) is 14.7 Å². The standard InChI is InChI=1S/C27H31N3O2/c1-32-25-15-6-5-12-22(25)19-30-17-9-13-23(20-30)27(24-14-7-8-16-28-24)29-26(31)18-21-10-3-2-4-11-21/h2-8,10-12,14-16,23,27H,9,13,17-20H2,1H3,(H,29,31)/t23-,27+/m1/s1. The van der Waals surface area contributed by atoms with Gasteiger partial charge in [0.2, 0.25) is 5.91 Å². The fraction of sp³-hybridized carbons (Fsp3) is 0.333. The van der Waals surface area contributed by atoms with Gasteiger partial charge in [-0.25, -0.2) is 0 Å². The van der Waals surface area contributed by atoms with Crippen molar-refractivity contribution in [2.75, 3.05) is 20.2 Å². The van der Waals surface area contributed by atoms with Crippen LogP contribution in [0.3, 0.4) is 0 Å². The summed E-state index contributed by atoms with van der Waals surface area (Å²) < 4.78 is 5.55. The number of hydrogen-bond acceptors (Lipinski definition) is 4. The van der Waals surface area contributed by atoms with Crippen molar-refractivity contribution in [1.82, 2.24) is 15.2 Å². The number of carbonyl (C=O) groups excluding carboxylic acids is 1. The van der Waals surface area contributed by atoms with E-state index in [2.05, 4.69) is 27.3 Å². The first-order valence-corrected chi connectivity index (χ1v) is 11.3. The third-order valence-corrected chi connectivity index (χ3v) is 6.13. The molecule has 1 fully saturated rings. The number of para-hydroxylation sites is 1. The molecule has 2 aromatic carbocycles. The molecular weight excluding hydrogens is 398 g/mol. The number of piperidine rings is 1. The van der Waals surface area contributed by atoms with Gasteiger partial charge in [0, 0.05) is 24.8 Å². The first-order chi connectivity index (χ1) is 15.7. The van der Waals surface area contributed by atoms with Crippen LogP contribution in [-0.2, 0) is 17.8 Å². The van der Waals surface area contributed by atoms with Gasteiger partial charge >= 0.3 is 0 Å². The second kappa shape index (κ2) is 10.9. The van der Waals surface area contributed by atoms with E-state index in [4.69, 9.17) is 4.74 Å². The number of benzene rings is 2. The predicted molar refractivity (Wildman–Crippen MR) is 126 cm³/mol. The van der Waals surface area contributed by atoms with E-state index in [-0.39, 0.29) is 11.9 Å². The van der Waals surface area contributed by atoms with Gasteiger partial charge in [-0.05, 0) is 49.1 Å². The lowest BCUT2D eigenvalue weighted by atomic mass is 9.88. The summed E-state index contributed by atoms with van der Waals surface area (Å²) in [6.45, 7) is 2.79. The van der Waals surface area contributed by atoms with Crippen LogP contribution in [0, 0.1) is 5.92 Å². The van der Waals surface area contributed by atoms with E-state index in [1.807, 2.05) is 60.7 Å². The van der Waals surface area contributed by atoms with Crippen molar-refractivity contribution in [3.8, 4) is 5.75 Å². The van der Waals surface area contributed by atoms with Gasteiger partial charge in [0.1, 0.15) is 5.75 Å². The maximum absolute atomic E-state index is 12.9. The normalized spacial score (nSPS) is 17.5. The van der Waals surface area contributed by atoms with Crippen molar-refractivity contribution in [2.24, 2.45) is 5.92 Å². The third kappa shape index (κ3) is 5.74. The van der Waals surface area contributed by atoms with Crippen molar-refractivity contribution >= 4 is 5.91 Å². The average molecular weight is 430 g/mol. The molecule has 5 nitrogen and oxygen atoms in total. The highest BCUT2D eigenvalue weighted by molar-refractivity contribution is 5.79. The van der Waals surface area contributed by atoms with Gasteiger partial charge in [-0.2, -0.15) is 0 Å². The molecule has 1 saturated heterocycles. The molecule has 5 heteroatoms. The van der Waals surface area contributed by atoms with Gasteiger partial charge in [-0.1, -0.05) is 54.6 Å². The van der Waals surface area contributed by atoms with Crippen molar-refractivity contribution in [3.63, 3.8) is 0 Å². The number of pyridine rings is 1. The minimum absolute atomic E-state index is 0.0358. The van der Waals surface area contributed by atoms with Crippen LogP contribution in [0.1, 0.15) is 35.7 Å². The van der Waals surface area contributed by atoms with Crippen LogP contribution < -0.4 is 10.1 Å². The molecule has 1 aromatic heterocycles. The number of hydrogen-bond donors (Lipinski definition) is 1. The van der Waals surface area contributed by atoms with Crippen LogP contribution in [-0.4, -0.2) is 36.0 Å². The number of amides is 1. The fourth-order valence-electron chi connectivity index (χ4n) is 4.58. The average Bonchev–Trinajstić information content (AvgIpc) is 2.84. The number of aromatic nitrogens is 1. The molecule has 32 heavy (non-hydrogen) atoms. The Morgan fingerprint density at radius 2 is 1.88 bits per heavy atom. The summed E-state index contributed by atoms with van der Waals surface area (Å²) in [7, 11) is 1.72. The molecule has 0 spiro atoms. The summed E-state index contributed by atoms with van der Waals surface area (Å²) in [6.07, 6.45) is 4.34. The lowest BCUT2D eigenvalue weighted by molar-refractivity contribution is -0.121. The first-order valence-electron chi connectivity index (χ1n) is 11.3. The Labute approximate surface area is 190 Å². The van der Waals surface area contributed by atoms with Gasteiger partial charge in [0.15, 0.2) is 0 Å². The molecule has 4 rings (SSSR count). The Hall–Kier alpha value is -3.18. The quantitative estimate of drug-likeness (QED) is 0.577. The number of methoxy groups -OCH3 is 1. The van der Waals surface area contributed by atoms with Crippen molar-refractivity contribution in [1.29, 1.82) is 0 Å². The molecule has 2 atom stereocenters. The second-order valence-electron chi connectivity index (χ2n) is 8.41. The second-order valence-corrected chi connectivity index (χ2v) is 8.41. The molecular formula is C27H31N3O2. The van der Waals surface area contributed by atoms with E-state index in [1.165, 1.54) is 5.56 Å². The zero-order chi connectivity index (χ0) is 22.2. The summed E-state index contributed by atoms with van der Waals surface area (Å²) >= 11 is 0. The molecule has 1 N–H and O–H groups in total. The van der Waals surface area contributed by atoms with Crippen LogP contribution in [0.25, 0.3) is 0 Å². The number of likely N-dealkylation sites (tertiary alicyclic amines) is 1. The highest BCUT2D eigenvalue weighted by Gasteiger charge is 2.30. The largest absolute Gasteiger partial charge is 0.496 e. The lowest BCUT2D eigenvalue weighted by Gasteiger charge is -2.37. The maximum atomic E-state index is 12.9. The van der Waals surface area contributed by atoms with Crippen LogP contribution in [0.2, 0.25) is 0 Å². The highest BCUT2D eigenvalue weighted by atomic mass is 16.5. The smallest absolute Gasteiger partial charge is 0.224 e. The van der Waals surface area contributed by atoms with E-state index < -0.39 is 0 Å². The van der Waals surface area contributed by atoms with E-state index in [0.29, 0.717) is 12.3 Å². The predicted octanol–water partition coefficient (Wildman–Crippen LogP) is 4.40. The maximum Gasteiger partial charge on any atom is 0.224 e. The summed E-state index contributed by atoms with van der Waals surface area (Å²) in [4.78, 5) is 20.0. The Morgan fingerprint density at radius 1 is 1.09 bits per heavy atom. The SMILES string of the molecule is COc1ccccc1CN1CCC[C@@H]([C@H](NC(=O)Cc2ccccc2)c2ccccn2)C1. The van der Waals surface area contributed by atoms with Gasteiger partial charge in [-0.15, -0.1) is 0 Å². The molecule has 0 unspecified atom stereocenters. The third-order valence-electron chi connectivity index (χ3n) is 6.13. The minimum Gasteiger partial charge on any atom is -0.496 e. The summed E-state index contributed by atoms with van der Waals surface area (Å²) in [6, 6.07) is 23.9. The van der Waals surface area contributed by atoms with E-state index in [0.717, 1.165) is 49.5 Å². The molecule has 166 valence electrons. The topological polar surface area (TPSA) is 54.5 Å². The summed E-state index contributed by atoms with van der Waals surface area (Å²) in [5.41, 5.74) is 3.14. The molecule has 1 aliphatic rings.